The molecule has 3 aromatic rings. The predicted octanol–water partition coefficient (Wildman–Crippen LogP) is 0.549. The minimum Gasteiger partial charge on any atom is -0.615 e. The highest BCUT2D eigenvalue weighted by molar-refractivity contribution is 7.97. The first-order valence-electron chi connectivity index (χ1n) is 8.88. The lowest BCUT2D eigenvalue weighted by molar-refractivity contribution is 0.277. The van der Waals surface area contributed by atoms with Gasteiger partial charge in [-0.1, -0.05) is 0 Å². The van der Waals surface area contributed by atoms with Gasteiger partial charge in [-0.25, -0.2) is 14.8 Å². The van der Waals surface area contributed by atoms with Gasteiger partial charge in [0.25, 0.3) is 0 Å². The Bertz CT molecular complexity index is 1130. The lowest BCUT2D eigenvalue weighted by Crippen LogP contribution is -2.42. The number of nitrogens with zero attached hydrogens (tertiary/aromatic N) is 5. The Morgan fingerprint density at radius 1 is 1.25 bits per heavy atom. The minimum absolute atomic E-state index is 0.153. The molecule has 0 radical (unpaired) electrons. The Labute approximate surface area is 162 Å². The Morgan fingerprint density at radius 2 is 2.00 bits per heavy atom. The molecule has 28 heavy (non-hydrogen) atoms. The van der Waals surface area contributed by atoms with Crippen LogP contribution in [0.4, 0.5) is 0 Å². The second-order valence-corrected chi connectivity index (χ2v) is 9.15. The number of aryl methyl sites for hydroxylation is 1. The molecule has 0 bridgehead atoms. The van der Waals surface area contributed by atoms with Crippen LogP contribution in [0.5, 0.6) is 5.88 Å². The van der Waals surface area contributed by atoms with E-state index in [9.17, 15) is 13.6 Å². The largest absolute Gasteiger partial charge is 0.615 e. The first-order chi connectivity index (χ1) is 13.4. The fourth-order valence-corrected chi connectivity index (χ4v) is 4.68. The SMILES string of the molecule is COc1ncccc1-c1cn(C)c(=O)n2cc(CN3CC[S+](=O)([O-])CC3)nc12. The van der Waals surface area contributed by atoms with Crippen molar-refractivity contribution in [2.24, 2.45) is 7.05 Å². The Kier molecular flexibility index (Phi) is 4.77. The molecule has 1 fully saturated rings. The van der Waals surface area contributed by atoms with Gasteiger partial charge in [-0.15, -0.1) is 4.21 Å². The highest BCUT2D eigenvalue weighted by Gasteiger charge is 2.26. The number of rotatable bonds is 4. The molecule has 1 saturated heterocycles. The van der Waals surface area contributed by atoms with Crippen LogP contribution in [0.15, 0.2) is 35.5 Å². The van der Waals surface area contributed by atoms with Crippen molar-refractivity contribution in [3.8, 4) is 17.0 Å². The molecule has 0 atom stereocenters. The molecule has 0 unspecified atom stereocenters. The van der Waals surface area contributed by atoms with Gasteiger partial charge in [0.1, 0.15) is 11.5 Å². The summed E-state index contributed by atoms with van der Waals surface area (Å²) >= 11 is 0. The van der Waals surface area contributed by atoms with Crippen LogP contribution in [0, 0.1) is 0 Å². The molecular weight excluding hydrogens is 382 g/mol. The average Bonchev–Trinajstić information content (AvgIpc) is 3.10. The van der Waals surface area contributed by atoms with Crippen LogP contribution in [0.25, 0.3) is 16.8 Å². The number of ether oxygens (including phenoxy) is 1. The van der Waals surface area contributed by atoms with Crippen LogP contribution in [-0.4, -0.2) is 60.1 Å². The standard InChI is InChI=1S/C18H21N5O4S/c1-21-12-15(14-4-3-5-19-17(14)27-2)16-20-13(11-23(16)18(21)24)10-22-6-8-28(25,26)9-7-22/h3-5,11-12H,6-10H2,1-2H3. The molecule has 0 saturated carbocycles. The van der Waals surface area contributed by atoms with Gasteiger partial charge >= 0.3 is 5.69 Å². The molecule has 4 heterocycles. The van der Waals surface area contributed by atoms with Gasteiger partial charge in [0.05, 0.1) is 12.8 Å². The lowest BCUT2D eigenvalue weighted by Gasteiger charge is -2.29. The van der Waals surface area contributed by atoms with Crippen LogP contribution in [0.1, 0.15) is 5.69 Å². The molecule has 0 amide bonds. The monoisotopic (exact) mass is 403 g/mol. The maximum atomic E-state index is 12.6. The average molecular weight is 403 g/mol. The van der Waals surface area contributed by atoms with E-state index < -0.39 is 10.2 Å². The second-order valence-electron chi connectivity index (χ2n) is 6.85. The molecule has 4 rings (SSSR count). The van der Waals surface area contributed by atoms with Crippen LogP contribution < -0.4 is 10.4 Å². The van der Waals surface area contributed by atoms with E-state index in [2.05, 4.69) is 9.97 Å². The molecule has 10 heteroatoms. The van der Waals surface area contributed by atoms with Crippen molar-refractivity contribution in [2.75, 3.05) is 31.7 Å². The van der Waals surface area contributed by atoms with E-state index in [4.69, 9.17) is 4.74 Å². The summed E-state index contributed by atoms with van der Waals surface area (Å²) in [6.07, 6.45) is 5.08. The topological polar surface area (TPSA) is 105 Å². The zero-order valence-electron chi connectivity index (χ0n) is 15.7. The van der Waals surface area contributed by atoms with Crippen molar-refractivity contribution in [3.63, 3.8) is 0 Å². The van der Waals surface area contributed by atoms with Crippen LogP contribution in [0.2, 0.25) is 0 Å². The van der Waals surface area contributed by atoms with E-state index >= 15 is 0 Å². The lowest BCUT2D eigenvalue weighted by atomic mass is 10.1. The Morgan fingerprint density at radius 3 is 2.71 bits per heavy atom. The van der Waals surface area contributed by atoms with Crippen molar-refractivity contribution in [1.82, 2.24) is 23.8 Å². The summed E-state index contributed by atoms with van der Waals surface area (Å²) in [5, 5.41) is 0. The number of pyridine rings is 1. The zero-order valence-corrected chi connectivity index (χ0v) is 16.5. The van der Waals surface area contributed by atoms with Crippen LogP contribution >= 0.6 is 0 Å². The summed E-state index contributed by atoms with van der Waals surface area (Å²) in [5.74, 6) is 0.759. The number of fused-ring (bicyclic) bond motifs is 1. The molecule has 9 nitrogen and oxygen atoms in total. The summed E-state index contributed by atoms with van der Waals surface area (Å²) in [6, 6.07) is 3.67. The van der Waals surface area contributed by atoms with E-state index in [-0.39, 0.29) is 17.2 Å². The summed E-state index contributed by atoms with van der Waals surface area (Å²) in [7, 11) is 0.295. The number of methoxy groups -OCH3 is 1. The van der Waals surface area contributed by atoms with Gasteiger partial charge in [-0.3, -0.25) is 9.30 Å². The van der Waals surface area contributed by atoms with Crippen LogP contribution in [-0.2, 0) is 28.0 Å². The van der Waals surface area contributed by atoms with Crippen molar-refractivity contribution in [3.05, 3.63) is 46.9 Å². The van der Waals surface area contributed by atoms with E-state index in [1.807, 2.05) is 11.0 Å². The minimum atomic E-state index is -2.94. The van der Waals surface area contributed by atoms with Gasteiger partial charge in [-0.05, 0) is 12.1 Å². The maximum Gasteiger partial charge on any atom is 0.333 e. The van der Waals surface area contributed by atoms with Crippen molar-refractivity contribution >= 4 is 15.9 Å². The van der Waals surface area contributed by atoms with Gasteiger partial charge in [-0.2, -0.15) is 0 Å². The molecule has 0 N–H and O–H groups in total. The molecule has 0 aromatic carbocycles. The van der Waals surface area contributed by atoms with Crippen molar-refractivity contribution in [1.29, 1.82) is 0 Å². The number of imidazole rings is 1. The summed E-state index contributed by atoms with van der Waals surface area (Å²) < 4.78 is 31.6. The highest BCUT2D eigenvalue weighted by atomic mass is 32.3. The molecule has 1 aliphatic heterocycles. The first-order valence-corrected chi connectivity index (χ1v) is 10.7. The van der Waals surface area contributed by atoms with Gasteiger partial charge in [0.2, 0.25) is 5.88 Å². The van der Waals surface area contributed by atoms with E-state index in [0.29, 0.717) is 36.9 Å². The first kappa shape index (κ1) is 18.8. The number of hydrogen-bond donors (Lipinski definition) is 0. The van der Waals surface area contributed by atoms with Crippen LogP contribution in [0.3, 0.4) is 0 Å². The van der Waals surface area contributed by atoms with Crippen molar-refractivity contribution in [2.45, 2.75) is 6.54 Å². The molecule has 0 aliphatic carbocycles. The fraction of sp³-hybridized carbons (Fsp3) is 0.389. The molecule has 148 valence electrons. The zero-order chi connectivity index (χ0) is 19.9. The smallest absolute Gasteiger partial charge is 0.333 e. The van der Waals surface area contributed by atoms with Gasteiger partial charge < -0.3 is 13.9 Å². The molecule has 1 aliphatic rings. The third kappa shape index (κ3) is 3.46. The second kappa shape index (κ2) is 7.12. The fourth-order valence-electron chi connectivity index (χ4n) is 3.40. The number of aromatic nitrogens is 4. The Balaban J connectivity index is 1.75. The predicted molar refractivity (Wildman–Crippen MR) is 104 cm³/mol. The summed E-state index contributed by atoms with van der Waals surface area (Å²) in [4.78, 5) is 23.5. The molecule has 0 spiro atoms. The third-order valence-electron chi connectivity index (χ3n) is 4.90. The van der Waals surface area contributed by atoms with Crippen molar-refractivity contribution < 1.29 is 13.5 Å². The number of hydrogen-bond acceptors (Lipinski definition) is 7. The van der Waals surface area contributed by atoms with E-state index in [0.717, 1.165) is 11.1 Å². The summed E-state index contributed by atoms with van der Waals surface area (Å²) in [5.41, 5.74) is 2.51. The highest BCUT2D eigenvalue weighted by Crippen LogP contribution is 2.30. The maximum absolute atomic E-state index is 12.6. The van der Waals surface area contributed by atoms with E-state index in [1.165, 1.54) is 8.97 Å². The molecule has 3 aromatic heterocycles. The third-order valence-corrected chi connectivity index (χ3v) is 6.51. The quantitative estimate of drug-likeness (QED) is 0.586. The normalized spacial score (nSPS) is 17.1. The van der Waals surface area contributed by atoms with E-state index in [1.54, 1.807) is 38.8 Å². The van der Waals surface area contributed by atoms with Gasteiger partial charge in [0.15, 0.2) is 5.65 Å². The Hall–Kier alpha value is -2.56. The summed E-state index contributed by atoms with van der Waals surface area (Å²) in [6.45, 7) is 1.43. The van der Waals surface area contributed by atoms with Gasteiger partial charge in [0, 0.05) is 66.6 Å². The number of sulfone groups is 1. The molecular formula is C18H21N5O4S.